The minimum absolute atomic E-state index is 0.135. The Kier molecular flexibility index (Phi) is 4.08. The van der Waals surface area contributed by atoms with Crippen LogP contribution in [0, 0.1) is 0 Å². The van der Waals surface area contributed by atoms with Gasteiger partial charge in [-0.3, -0.25) is 0 Å². The lowest BCUT2D eigenvalue weighted by Crippen LogP contribution is -2.27. The third-order valence-electron chi connectivity index (χ3n) is 3.98. The number of thiophene rings is 1. The summed E-state index contributed by atoms with van der Waals surface area (Å²) in [4.78, 5) is 3.98. The first kappa shape index (κ1) is 13.7. The Morgan fingerprint density at radius 2 is 2.05 bits per heavy atom. The van der Waals surface area contributed by atoms with Crippen molar-refractivity contribution in [1.82, 2.24) is 0 Å². The highest BCUT2D eigenvalue weighted by Gasteiger charge is 2.31. The van der Waals surface area contributed by atoms with Crippen LogP contribution >= 0.6 is 11.3 Å². The number of para-hydroxylation sites is 1. The highest BCUT2D eigenvalue weighted by molar-refractivity contribution is 7.09. The summed E-state index contributed by atoms with van der Waals surface area (Å²) >= 11 is 1.84. The molecule has 1 aliphatic rings. The molecule has 20 heavy (non-hydrogen) atoms. The van der Waals surface area contributed by atoms with E-state index >= 15 is 0 Å². The Bertz CT molecular complexity index is 546. The number of benzene rings is 1. The van der Waals surface area contributed by atoms with Gasteiger partial charge in [-0.1, -0.05) is 31.2 Å². The summed E-state index contributed by atoms with van der Waals surface area (Å²) in [6, 6.07) is 13.8. The van der Waals surface area contributed by atoms with Crippen LogP contribution in [0.15, 0.2) is 41.8 Å². The summed E-state index contributed by atoms with van der Waals surface area (Å²) < 4.78 is 0. The smallest absolute Gasteiger partial charge is 0.0526 e. The summed E-state index contributed by atoms with van der Waals surface area (Å²) in [6.45, 7) is 3.16. The quantitative estimate of drug-likeness (QED) is 0.856. The Balaban J connectivity index is 1.91. The summed E-state index contributed by atoms with van der Waals surface area (Å²) in [5, 5.41) is 2.16. The first-order valence-electron chi connectivity index (χ1n) is 7.43. The Morgan fingerprint density at radius 3 is 2.70 bits per heavy atom. The molecule has 106 valence electrons. The molecule has 0 amide bonds. The average molecular weight is 286 g/mol. The largest absolute Gasteiger partial charge is 0.363 e. The van der Waals surface area contributed by atoms with E-state index in [2.05, 4.69) is 53.6 Å². The van der Waals surface area contributed by atoms with Crippen LogP contribution in [0.2, 0.25) is 0 Å². The maximum atomic E-state index is 6.30. The van der Waals surface area contributed by atoms with E-state index in [4.69, 9.17) is 5.73 Å². The van der Waals surface area contributed by atoms with E-state index in [0.717, 1.165) is 13.0 Å². The molecule has 2 nitrogen and oxygen atoms in total. The number of hydrogen-bond acceptors (Lipinski definition) is 3. The predicted octanol–water partition coefficient (Wildman–Crippen LogP) is 4.33. The molecule has 2 aromatic rings. The molecule has 0 spiro atoms. The van der Waals surface area contributed by atoms with Crippen LogP contribution in [-0.4, -0.2) is 6.04 Å². The van der Waals surface area contributed by atoms with Crippen LogP contribution in [0.3, 0.4) is 0 Å². The van der Waals surface area contributed by atoms with Crippen LogP contribution in [-0.2, 0) is 6.54 Å². The Hall–Kier alpha value is -1.32. The molecule has 0 radical (unpaired) electrons. The lowest BCUT2D eigenvalue weighted by molar-refractivity contribution is 0.687. The molecule has 0 bridgehead atoms. The lowest BCUT2D eigenvalue weighted by atomic mass is 10.0. The average Bonchev–Trinajstić information content (AvgIpc) is 3.20. The SMILES string of the molecule is CC[C@@H](N)c1ccccc1N(Cc1cccs1)C1CC1. The Labute approximate surface area is 125 Å². The van der Waals surface area contributed by atoms with Gasteiger partial charge < -0.3 is 10.6 Å². The summed E-state index contributed by atoms with van der Waals surface area (Å²) in [6.07, 6.45) is 3.59. The van der Waals surface area contributed by atoms with Crippen LogP contribution in [0.25, 0.3) is 0 Å². The monoisotopic (exact) mass is 286 g/mol. The first-order chi connectivity index (χ1) is 9.79. The molecule has 3 rings (SSSR count). The van der Waals surface area contributed by atoms with Crippen LogP contribution in [0.1, 0.15) is 42.7 Å². The molecule has 1 aromatic heterocycles. The number of anilines is 1. The van der Waals surface area contributed by atoms with Gasteiger partial charge in [-0.05, 0) is 42.3 Å². The number of rotatable bonds is 6. The van der Waals surface area contributed by atoms with E-state index < -0.39 is 0 Å². The molecule has 1 aromatic carbocycles. The third kappa shape index (κ3) is 2.89. The zero-order valence-electron chi connectivity index (χ0n) is 12.0. The van der Waals surface area contributed by atoms with Gasteiger partial charge >= 0.3 is 0 Å². The fourth-order valence-electron chi connectivity index (χ4n) is 2.65. The standard InChI is InChI=1S/C17H22N2S/c1-2-16(18)15-7-3-4-8-17(15)19(13-9-10-13)12-14-6-5-11-20-14/h3-8,11,13,16H,2,9-10,12,18H2,1H3/t16-/m1/s1. The highest BCUT2D eigenvalue weighted by Crippen LogP contribution is 2.37. The fourth-order valence-corrected chi connectivity index (χ4v) is 3.35. The van der Waals surface area contributed by atoms with Crippen molar-refractivity contribution in [1.29, 1.82) is 0 Å². The van der Waals surface area contributed by atoms with Gasteiger partial charge in [0.25, 0.3) is 0 Å². The topological polar surface area (TPSA) is 29.3 Å². The summed E-state index contributed by atoms with van der Waals surface area (Å²) in [7, 11) is 0. The number of nitrogens with two attached hydrogens (primary N) is 1. The Morgan fingerprint density at radius 1 is 1.25 bits per heavy atom. The third-order valence-corrected chi connectivity index (χ3v) is 4.84. The maximum Gasteiger partial charge on any atom is 0.0526 e. The van der Waals surface area contributed by atoms with E-state index in [1.807, 2.05) is 11.3 Å². The van der Waals surface area contributed by atoms with Gasteiger partial charge in [0, 0.05) is 22.6 Å². The van der Waals surface area contributed by atoms with Gasteiger partial charge in [0.15, 0.2) is 0 Å². The molecule has 1 saturated carbocycles. The van der Waals surface area contributed by atoms with E-state index in [0.29, 0.717) is 6.04 Å². The molecule has 1 aliphatic carbocycles. The van der Waals surface area contributed by atoms with Crippen molar-refractivity contribution in [2.75, 3.05) is 4.90 Å². The molecule has 3 heteroatoms. The highest BCUT2D eigenvalue weighted by atomic mass is 32.1. The predicted molar refractivity (Wildman–Crippen MR) is 87.2 cm³/mol. The molecule has 1 fully saturated rings. The second kappa shape index (κ2) is 5.98. The molecule has 0 aliphatic heterocycles. The molecular weight excluding hydrogens is 264 g/mol. The van der Waals surface area contributed by atoms with Gasteiger partial charge in [0.05, 0.1) is 6.54 Å². The van der Waals surface area contributed by atoms with E-state index in [-0.39, 0.29) is 6.04 Å². The zero-order chi connectivity index (χ0) is 13.9. The first-order valence-corrected chi connectivity index (χ1v) is 8.31. The molecular formula is C17H22N2S. The van der Waals surface area contributed by atoms with Gasteiger partial charge in [0.2, 0.25) is 0 Å². The van der Waals surface area contributed by atoms with E-state index in [9.17, 15) is 0 Å². The van der Waals surface area contributed by atoms with Crippen molar-refractivity contribution in [2.24, 2.45) is 5.73 Å². The lowest BCUT2D eigenvalue weighted by Gasteiger charge is -2.28. The summed E-state index contributed by atoms with van der Waals surface area (Å²) in [5.74, 6) is 0. The van der Waals surface area contributed by atoms with E-state index in [1.165, 1.54) is 29.0 Å². The van der Waals surface area contributed by atoms with Crippen molar-refractivity contribution >= 4 is 17.0 Å². The molecule has 0 saturated heterocycles. The van der Waals surface area contributed by atoms with Crippen molar-refractivity contribution < 1.29 is 0 Å². The zero-order valence-corrected chi connectivity index (χ0v) is 12.8. The molecule has 2 N–H and O–H groups in total. The van der Waals surface area contributed by atoms with Gasteiger partial charge in [0.1, 0.15) is 0 Å². The number of nitrogens with zero attached hydrogens (tertiary/aromatic N) is 1. The fraction of sp³-hybridized carbons (Fsp3) is 0.412. The van der Waals surface area contributed by atoms with Crippen LogP contribution in [0.4, 0.5) is 5.69 Å². The molecule has 1 atom stereocenters. The van der Waals surface area contributed by atoms with Crippen molar-refractivity contribution in [3.8, 4) is 0 Å². The van der Waals surface area contributed by atoms with Crippen LogP contribution < -0.4 is 10.6 Å². The van der Waals surface area contributed by atoms with Gasteiger partial charge in [-0.2, -0.15) is 0 Å². The van der Waals surface area contributed by atoms with Crippen molar-refractivity contribution in [2.45, 2.75) is 44.8 Å². The minimum atomic E-state index is 0.135. The minimum Gasteiger partial charge on any atom is -0.363 e. The molecule has 0 unspecified atom stereocenters. The van der Waals surface area contributed by atoms with Crippen LogP contribution in [0.5, 0.6) is 0 Å². The van der Waals surface area contributed by atoms with Crippen molar-refractivity contribution in [3.63, 3.8) is 0 Å². The van der Waals surface area contributed by atoms with Gasteiger partial charge in [-0.25, -0.2) is 0 Å². The van der Waals surface area contributed by atoms with Gasteiger partial charge in [-0.15, -0.1) is 11.3 Å². The van der Waals surface area contributed by atoms with Crippen molar-refractivity contribution in [3.05, 3.63) is 52.2 Å². The normalized spacial score (nSPS) is 16.1. The second-order valence-electron chi connectivity index (χ2n) is 5.51. The maximum absolute atomic E-state index is 6.30. The van der Waals surface area contributed by atoms with E-state index in [1.54, 1.807) is 0 Å². The number of hydrogen-bond donors (Lipinski definition) is 1. The molecule has 1 heterocycles. The summed E-state index contributed by atoms with van der Waals surface area (Å²) in [5.41, 5.74) is 8.92. The second-order valence-corrected chi connectivity index (χ2v) is 6.54.